The Morgan fingerprint density at radius 2 is 1.33 bits per heavy atom. The maximum Gasteiger partial charge on any atom is 0.331 e. The van der Waals surface area contributed by atoms with Gasteiger partial charge in [0.05, 0.1) is 13.2 Å². The minimum Gasteiger partial charge on any atom is -0.463 e. The van der Waals surface area contributed by atoms with E-state index in [1.807, 2.05) is 0 Å². The number of hydrogen-bond acceptors (Lipinski definition) is 6. The Morgan fingerprint density at radius 1 is 1.00 bits per heavy atom. The summed E-state index contributed by atoms with van der Waals surface area (Å²) in [5, 5.41) is 16.8. The van der Waals surface area contributed by atoms with E-state index in [4.69, 9.17) is 10.2 Å². The maximum atomic E-state index is 10.6. The first kappa shape index (κ1) is 13.9. The second-order valence-electron chi connectivity index (χ2n) is 3.80. The van der Waals surface area contributed by atoms with Crippen LogP contribution < -0.4 is 0 Å². The third-order valence-electron chi connectivity index (χ3n) is 1.51. The molecule has 0 aliphatic rings. The molecule has 0 atom stereocenters. The smallest absolute Gasteiger partial charge is 0.331 e. The quantitative estimate of drug-likeness (QED) is 0.562. The normalized spacial score (nSPS) is 10.9. The van der Waals surface area contributed by atoms with E-state index >= 15 is 0 Å². The minimum absolute atomic E-state index is 0.0328. The van der Waals surface area contributed by atoms with E-state index < -0.39 is 30.6 Å². The van der Waals surface area contributed by atoms with Crippen LogP contribution in [0.15, 0.2) is 0 Å². The van der Waals surface area contributed by atoms with Gasteiger partial charge >= 0.3 is 11.9 Å². The number of carbonyl (C=O) groups is 2. The number of aliphatic hydroxyl groups excluding tert-OH is 2. The molecular formula is C9H16O6. The SMILES string of the molecule is CC(C)(COC(=O)CO)COC(=O)CO. The molecule has 0 unspecified atom stereocenters. The average molecular weight is 220 g/mol. The van der Waals surface area contributed by atoms with E-state index in [1.165, 1.54) is 0 Å². The van der Waals surface area contributed by atoms with Crippen LogP contribution >= 0.6 is 0 Å². The van der Waals surface area contributed by atoms with Crippen LogP contribution in [-0.4, -0.2) is 48.6 Å². The fourth-order valence-electron chi connectivity index (χ4n) is 0.685. The van der Waals surface area contributed by atoms with Gasteiger partial charge in [0.2, 0.25) is 0 Å². The molecule has 0 spiro atoms. The van der Waals surface area contributed by atoms with Gasteiger partial charge < -0.3 is 19.7 Å². The summed E-state index contributed by atoms with van der Waals surface area (Å²) in [5.74, 6) is -1.45. The van der Waals surface area contributed by atoms with Gasteiger partial charge in [-0.2, -0.15) is 0 Å². The summed E-state index contributed by atoms with van der Waals surface area (Å²) in [6.45, 7) is 2.17. The summed E-state index contributed by atoms with van der Waals surface area (Å²) in [6.07, 6.45) is 0. The molecular weight excluding hydrogens is 204 g/mol. The number of aliphatic hydroxyl groups is 2. The summed E-state index contributed by atoms with van der Waals surface area (Å²) >= 11 is 0. The first-order chi connectivity index (χ1) is 6.91. The van der Waals surface area contributed by atoms with Crippen molar-refractivity contribution in [3.8, 4) is 0 Å². The minimum atomic E-state index is -0.725. The third-order valence-corrected chi connectivity index (χ3v) is 1.51. The van der Waals surface area contributed by atoms with Crippen molar-refractivity contribution in [3.05, 3.63) is 0 Å². The summed E-state index contributed by atoms with van der Waals surface area (Å²) in [5.41, 5.74) is -0.546. The maximum absolute atomic E-state index is 10.6. The molecule has 0 aliphatic carbocycles. The van der Waals surface area contributed by atoms with Crippen molar-refractivity contribution in [2.45, 2.75) is 13.8 Å². The number of ether oxygens (including phenoxy) is 2. The highest BCUT2D eigenvalue weighted by Crippen LogP contribution is 2.15. The van der Waals surface area contributed by atoms with Gasteiger partial charge in [-0.15, -0.1) is 0 Å². The predicted octanol–water partition coefficient (Wildman–Crippen LogP) is -0.916. The lowest BCUT2D eigenvalue weighted by Gasteiger charge is -2.23. The average Bonchev–Trinajstić information content (AvgIpc) is 2.22. The molecule has 0 fully saturated rings. The zero-order valence-corrected chi connectivity index (χ0v) is 8.86. The zero-order valence-electron chi connectivity index (χ0n) is 8.86. The second-order valence-corrected chi connectivity index (χ2v) is 3.80. The fourth-order valence-corrected chi connectivity index (χ4v) is 0.685. The molecule has 0 heterocycles. The van der Waals surface area contributed by atoms with Crippen LogP contribution in [-0.2, 0) is 19.1 Å². The van der Waals surface area contributed by atoms with E-state index in [2.05, 4.69) is 9.47 Å². The van der Waals surface area contributed by atoms with E-state index in [1.54, 1.807) is 13.8 Å². The number of rotatable bonds is 6. The first-order valence-electron chi connectivity index (χ1n) is 4.44. The molecule has 6 nitrogen and oxygen atoms in total. The van der Waals surface area contributed by atoms with Crippen LogP contribution in [0.2, 0.25) is 0 Å². The largest absolute Gasteiger partial charge is 0.463 e. The number of hydrogen-bond donors (Lipinski definition) is 2. The Balaban J connectivity index is 3.86. The molecule has 0 saturated heterocycles. The van der Waals surface area contributed by atoms with Crippen molar-refractivity contribution in [1.82, 2.24) is 0 Å². The molecule has 0 amide bonds. The van der Waals surface area contributed by atoms with E-state index in [0.29, 0.717) is 0 Å². The molecule has 0 aromatic rings. The number of esters is 2. The van der Waals surface area contributed by atoms with E-state index in [0.717, 1.165) is 0 Å². The summed E-state index contributed by atoms with van der Waals surface area (Å²) in [4.78, 5) is 21.3. The van der Waals surface area contributed by atoms with Crippen LogP contribution in [0.4, 0.5) is 0 Å². The van der Waals surface area contributed by atoms with Gasteiger partial charge in [0.1, 0.15) is 13.2 Å². The van der Waals surface area contributed by atoms with Gasteiger partial charge in [-0.25, -0.2) is 9.59 Å². The summed E-state index contributed by atoms with van der Waals surface area (Å²) in [7, 11) is 0. The molecule has 0 saturated carbocycles. The van der Waals surface area contributed by atoms with Crippen molar-refractivity contribution in [2.75, 3.05) is 26.4 Å². The highest BCUT2D eigenvalue weighted by Gasteiger charge is 2.22. The van der Waals surface area contributed by atoms with Gasteiger partial charge in [-0.05, 0) is 0 Å². The van der Waals surface area contributed by atoms with E-state index in [9.17, 15) is 9.59 Å². The van der Waals surface area contributed by atoms with Crippen molar-refractivity contribution in [3.63, 3.8) is 0 Å². The lowest BCUT2D eigenvalue weighted by molar-refractivity contribution is -0.156. The molecule has 88 valence electrons. The van der Waals surface area contributed by atoms with Crippen molar-refractivity contribution in [2.24, 2.45) is 5.41 Å². The van der Waals surface area contributed by atoms with E-state index in [-0.39, 0.29) is 13.2 Å². The van der Waals surface area contributed by atoms with Gasteiger partial charge in [0.15, 0.2) is 0 Å². The van der Waals surface area contributed by atoms with Crippen LogP contribution in [0.3, 0.4) is 0 Å². The highest BCUT2D eigenvalue weighted by atomic mass is 16.6. The lowest BCUT2D eigenvalue weighted by Crippen LogP contribution is -2.29. The summed E-state index contributed by atoms with van der Waals surface area (Å²) < 4.78 is 9.36. The van der Waals surface area contributed by atoms with Gasteiger partial charge in [-0.3, -0.25) is 0 Å². The van der Waals surface area contributed by atoms with Crippen LogP contribution in [0.5, 0.6) is 0 Å². The zero-order chi connectivity index (χ0) is 11.9. The molecule has 6 heteroatoms. The molecule has 15 heavy (non-hydrogen) atoms. The molecule has 2 N–H and O–H groups in total. The second kappa shape index (κ2) is 6.36. The van der Waals surface area contributed by atoms with Gasteiger partial charge in [0, 0.05) is 5.41 Å². The van der Waals surface area contributed by atoms with Crippen LogP contribution in [0.25, 0.3) is 0 Å². The van der Waals surface area contributed by atoms with Crippen molar-refractivity contribution in [1.29, 1.82) is 0 Å². The Bertz CT molecular complexity index is 201. The molecule has 0 aromatic heterocycles. The standard InChI is InChI=1S/C9H16O6/c1-9(2,5-14-7(12)3-10)6-15-8(13)4-11/h10-11H,3-6H2,1-2H3. The Hall–Kier alpha value is -1.14. The lowest BCUT2D eigenvalue weighted by atomic mass is 9.96. The molecule has 0 aliphatic heterocycles. The van der Waals surface area contributed by atoms with Crippen LogP contribution in [0, 0.1) is 5.41 Å². The van der Waals surface area contributed by atoms with Crippen LogP contribution in [0.1, 0.15) is 13.8 Å². The third kappa shape index (κ3) is 6.87. The van der Waals surface area contributed by atoms with Gasteiger partial charge in [-0.1, -0.05) is 13.8 Å². The molecule has 0 radical (unpaired) electrons. The highest BCUT2D eigenvalue weighted by molar-refractivity contribution is 5.70. The monoisotopic (exact) mass is 220 g/mol. The molecule has 0 rings (SSSR count). The van der Waals surface area contributed by atoms with Crippen molar-refractivity contribution >= 4 is 11.9 Å². The molecule has 0 aromatic carbocycles. The summed E-state index contributed by atoms with van der Waals surface area (Å²) in [6, 6.07) is 0. The fraction of sp³-hybridized carbons (Fsp3) is 0.778. The Kier molecular flexibility index (Phi) is 5.88. The number of carbonyl (C=O) groups excluding carboxylic acids is 2. The first-order valence-corrected chi connectivity index (χ1v) is 4.44. The Morgan fingerprint density at radius 3 is 1.60 bits per heavy atom. The Labute approximate surface area is 87.8 Å². The predicted molar refractivity (Wildman–Crippen MR) is 49.9 cm³/mol. The van der Waals surface area contributed by atoms with Gasteiger partial charge in [0.25, 0.3) is 0 Å². The molecule has 0 bridgehead atoms. The topological polar surface area (TPSA) is 93.1 Å². The van der Waals surface area contributed by atoms with Crippen molar-refractivity contribution < 1.29 is 29.3 Å².